The van der Waals surface area contributed by atoms with E-state index >= 15 is 0 Å². The van der Waals surface area contributed by atoms with Gasteiger partial charge in [0.2, 0.25) is 5.75 Å². The molecule has 0 spiro atoms. The molecule has 1 aliphatic rings. The SMILES string of the molecule is CCn1c(C2(NC(=O)OCc3ccccc3)CCN(C(=O)OCc3ccccc3)CC2)nc(C(=O)O)c(OC(=O)c2ccccc2)c1=O. The largest absolute Gasteiger partial charge is 0.476 e. The molecule has 0 bridgehead atoms. The van der Waals surface area contributed by atoms with Gasteiger partial charge in [0, 0.05) is 19.6 Å². The fourth-order valence-corrected chi connectivity index (χ4v) is 5.40. The summed E-state index contributed by atoms with van der Waals surface area (Å²) in [4.78, 5) is 71.2. The standard InChI is InChI=1S/C35H34N4O9/c1-2-39-29(40)28(48-31(43)26-16-10-5-11-17-26)27(30(41)42)36-32(39)35(37-33(44)46-22-24-12-6-3-7-13-24)18-20-38(21-19-35)34(45)47-23-25-14-8-4-9-15-25/h3-17H,2,18-23H2,1H3,(H,37,44)(H,41,42). The Balaban J connectivity index is 1.46. The summed E-state index contributed by atoms with van der Waals surface area (Å²) in [5, 5.41) is 12.9. The maximum atomic E-state index is 13.8. The zero-order valence-electron chi connectivity index (χ0n) is 26.2. The average Bonchev–Trinajstić information content (AvgIpc) is 3.11. The Kier molecular flexibility index (Phi) is 10.5. The van der Waals surface area contributed by atoms with Crippen molar-refractivity contribution in [3.05, 3.63) is 130 Å². The minimum atomic E-state index is -1.61. The summed E-state index contributed by atoms with van der Waals surface area (Å²) in [6.45, 7) is 1.77. The van der Waals surface area contributed by atoms with Crippen LogP contribution in [0.1, 0.15) is 57.6 Å². The summed E-state index contributed by atoms with van der Waals surface area (Å²) in [5.74, 6) is -3.39. The number of likely N-dealkylation sites (tertiary alicyclic amines) is 1. The third-order valence-electron chi connectivity index (χ3n) is 7.91. The lowest BCUT2D eigenvalue weighted by molar-refractivity contribution is 0.0636. The molecule has 4 aromatic rings. The molecule has 2 amide bonds. The highest BCUT2D eigenvalue weighted by Gasteiger charge is 2.44. The lowest BCUT2D eigenvalue weighted by atomic mass is 9.86. The topological polar surface area (TPSA) is 166 Å². The first-order chi connectivity index (χ1) is 23.2. The highest BCUT2D eigenvalue weighted by molar-refractivity contribution is 5.94. The third-order valence-corrected chi connectivity index (χ3v) is 7.91. The van der Waals surface area contributed by atoms with E-state index < -0.39 is 46.7 Å². The lowest BCUT2D eigenvalue weighted by Crippen LogP contribution is -2.56. The number of aromatic carboxylic acids is 1. The second kappa shape index (κ2) is 15.1. The maximum absolute atomic E-state index is 13.8. The van der Waals surface area contributed by atoms with E-state index in [1.807, 2.05) is 36.4 Å². The van der Waals surface area contributed by atoms with Crippen molar-refractivity contribution in [2.75, 3.05) is 13.1 Å². The quantitative estimate of drug-likeness (QED) is 0.228. The molecule has 248 valence electrons. The van der Waals surface area contributed by atoms with Gasteiger partial charge in [-0.25, -0.2) is 24.2 Å². The predicted octanol–water partition coefficient (Wildman–Crippen LogP) is 4.73. The molecule has 0 aliphatic carbocycles. The van der Waals surface area contributed by atoms with Gasteiger partial charge in [-0.05, 0) is 43.0 Å². The molecule has 0 unspecified atom stereocenters. The number of hydrogen-bond donors (Lipinski definition) is 2. The predicted molar refractivity (Wildman–Crippen MR) is 171 cm³/mol. The van der Waals surface area contributed by atoms with E-state index in [1.54, 1.807) is 49.4 Å². The van der Waals surface area contributed by atoms with Crippen LogP contribution < -0.4 is 15.6 Å². The zero-order valence-corrected chi connectivity index (χ0v) is 26.2. The van der Waals surface area contributed by atoms with Gasteiger partial charge >= 0.3 is 24.1 Å². The number of carboxylic acid groups (broad SMARTS) is 1. The van der Waals surface area contributed by atoms with Crippen molar-refractivity contribution >= 4 is 24.1 Å². The fourth-order valence-electron chi connectivity index (χ4n) is 5.40. The molecule has 5 rings (SSSR count). The first-order valence-corrected chi connectivity index (χ1v) is 15.3. The molecule has 3 aromatic carbocycles. The smallest absolute Gasteiger partial charge is 0.410 e. The summed E-state index contributed by atoms with van der Waals surface area (Å²) >= 11 is 0. The van der Waals surface area contributed by atoms with Crippen molar-refractivity contribution in [3.63, 3.8) is 0 Å². The van der Waals surface area contributed by atoms with E-state index in [9.17, 15) is 29.1 Å². The molecule has 2 heterocycles. The molecule has 48 heavy (non-hydrogen) atoms. The highest BCUT2D eigenvalue weighted by atomic mass is 16.6. The second-order valence-electron chi connectivity index (χ2n) is 11.0. The fraction of sp³-hybridized carbons (Fsp3) is 0.257. The number of hydrogen-bond acceptors (Lipinski definition) is 9. The maximum Gasteiger partial charge on any atom is 0.410 e. The number of piperidine rings is 1. The number of aromatic nitrogens is 2. The Morgan fingerprint density at radius 1 is 0.833 bits per heavy atom. The monoisotopic (exact) mass is 654 g/mol. The number of carboxylic acids is 1. The van der Waals surface area contributed by atoms with Crippen LogP contribution in [0.4, 0.5) is 9.59 Å². The van der Waals surface area contributed by atoms with Gasteiger partial charge in [0.15, 0.2) is 5.69 Å². The lowest BCUT2D eigenvalue weighted by Gasteiger charge is -2.41. The summed E-state index contributed by atoms with van der Waals surface area (Å²) in [6.07, 6.45) is -1.35. The van der Waals surface area contributed by atoms with Gasteiger partial charge in [-0.2, -0.15) is 0 Å². The van der Waals surface area contributed by atoms with Crippen LogP contribution in [0, 0.1) is 0 Å². The molecule has 0 saturated carbocycles. The van der Waals surface area contributed by atoms with Gasteiger partial charge in [0.1, 0.15) is 24.6 Å². The molecule has 13 nitrogen and oxygen atoms in total. The molecule has 1 aliphatic heterocycles. The first-order valence-electron chi connectivity index (χ1n) is 15.3. The Hall–Kier alpha value is -5.98. The van der Waals surface area contributed by atoms with Crippen LogP contribution in [0.5, 0.6) is 5.75 Å². The molecule has 2 N–H and O–H groups in total. The molecule has 0 radical (unpaired) electrons. The Morgan fingerprint density at radius 2 is 1.38 bits per heavy atom. The molecule has 13 heteroatoms. The minimum absolute atomic E-state index is 0.0116. The van der Waals surface area contributed by atoms with E-state index in [-0.39, 0.29) is 57.1 Å². The zero-order chi connectivity index (χ0) is 34.1. The van der Waals surface area contributed by atoms with E-state index in [1.165, 1.54) is 17.0 Å². The van der Waals surface area contributed by atoms with Gasteiger partial charge in [-0.3, -0.25) is 9.36 Å². The molecule has 0 atom stereocenters. The summed E-state index contributed by atoms with van der Waals surface area (Å²) in [5.41, 5.74) is -1.53. The van der Waals surface area contributed by atoms with E-state index in [0.29, 0.717) is 0 Å². The summed E-state index contributed by atoms with van der Waals surface area (Å²) < 4.78 is 17.5. The molecule has 1 saturated heterocycles. The highest BCUT2D eigenvalue weighted by Crippen LogP contribution is 2.33. The van der Waals surface area contributed by atoms with Crippen molar-refractivity contribution in [1.29, 1.82) is 0 Å². The Morgan fingerprint density at radius 3 is 1.92 bits per heavy atom. The van der Waals surface area contributed by atoms with Crippen molar-refractivity contribution in [3.8, 4) is 5.75 Å². The number of benzene rings is 3. The van der Waals surface area contributed by atoms with Crippen LogP contribution in [-0.4, -0.2) is 56.8 Å². The van der Waals surface area contributed by atoms with E-state index in [2.05, 4.69) is 10.3 Å². The van der Waals surface area contributed by atoms with Crippen LogP contribution in [0.3, 0.4) is 0 Å². The number of amides is 2. The van der Waals surface area contributed by atoms with Crippen LogP contribution in [0.15, 0.2) is 95.8 Å². The number of nitrogens with zero attached hydrogens (tertiary/aromatic N) is 3. The number of carbonyl (C=O) groups is 4. The van der Waals surface area contributed by atoms with Gasteiger partial charge in [0.25, 0.3) is 5.56 Å². The van der Waals surface area contributed by atoms with Crippen molar-refractivity contribution in [2.45, 2.75) is 45.1 Å². The molecular weight excluding hydrogens is 620 g/mol. The van der Waals surface area contributed by atoms with Crippen LogP contribution in [0.2, 0.25) is 0 Å². The van der Waals surface area contributed by atoms with Gasteiger partial charge < -0.3 is 29.5 Å². The Labute approximate surface area is 275 Å². The number of esters is 1. The molecular formula is C35H34N4O9. The van der Waals surface area contributed by atoms with Gasteiger partial charge in [0.05, 0.1) is 5.56 Å². The van der Waals surface area contributed by atoms with Gasteiger partial charge in [-0.15, -0.1) is 0 Å². The van der Waals surface area contributed by atoms with Crippen molar-refractivity contribution in [2.24, 2.45) is 0 Å². The normalized spacial score (nSPS) is 13.6. The molecule has 1 fully saturated rings. The van der Waals surface area contributed by atoms with Gasteiger partial charge in [-0.1, -0.05) is 78.9 Å². The number of ether oxygens (including phenoxy) is 3. The first kappa shape index (κ1) is 33.4. The van der Waals surface area contributed by atoms with E-state index in [0.717, 1.165) is 15.7 Å². The van der Waals surface area contributed by atoms with Crippen LogP contribution in [0.25, 0.3) is 0 Å². The Bertz CT molecular complexity index is 1820. The van der Waals surface area contributed by atoms with Crippen molar-refractivity contribution in [1.82, 2.24) is 19.8 Å². The summed E-state index contributed by atoms with van der Waals surface area (Å²) in [7, 11) is 0. The number of alkyl carbamates (subject to hydrolysis) is 1. The van der Waals surface area contributed by atoms with Crippen molar-refractivity contribution < 1.29 is 38.5 Å². The minimum Gasteiger partial charge on any atom is -0.476 e. The van der Waals surface area contributed by atoms with Crippen LogP contribution >= 0.6 is 0 Å². The van der Waals surface area contributed by atoms with Crippen LogP contribution in [-0.2, 0) is 34.8 Å². The number of carbonyl (C=O) groups excluding carboxylic acids is 3. The number of nitrogens with one attached hydrogen (secondary N) is 1. The van der Waals surface area contributed by atoms with E-state index in [4.69, 9.17) is 14.2 Å². The third kappa shape index (κ3) is 7.69. The number of rotatable bonds is 10. The average molecular weight is 655 g/mol. The summed E-state index contributed by atoms with van der Waals surface area (Å²) in [6, 6.07) is 26.0. The second-order valence-corrected chi connectivity index (χ2v) is 11.0. The molecule has 1 aromatic heterocycles.